The fraction of sp³-hybridized carbons (Fsp3) is 0.917. The average molecular weight is 225 g/mol. The van der Waals surface area contributed by atoms with Gasteiger partial charge in [0.2, 0.25) is 5.91 Å². The van der Waals surface area contributed by atoms with Gasteiger partial charge in [0.25, 0.3) is 0 Å². The standard InChI is InChI=1S/C12H23N3O/c1-2-5-14-6-3-11(4-7-14)15-9-10(13)8-12(15)16/h10-11H,2-9,13H2,1H3. The van der Waals surface area contributed by atoms with Gasteiger partial charge in [0.15, 0.2) is 0 Å². The van der Waals surface area contributed by atoms with Crippen LogP contribution in [0.3, 0.4) is 0 Å². The molecule has 2 N–H and O–H groups in total. The Morgan fingerprint density at radius 3 is 2.56 bits per heavy atom. The van der Waals surface area contributed by atoms with Crippen molar-refractivity contribution in [2.45, 2.75) is 44.7 Å². The van der Waals surface area contributed by atoms with Crippen LogP contribution in [0.2, 0.25) is 0 Å². The third-order valence-corrected chi connectivity index (χ3v) is 3.73. The lowest BCUT2D eigenvalue weighted by Crippen LogP contribution is -2.46. The van der Waals surface area contributed by atoms with Gasteiger partial charge in [-0.05, 0) is 25.8 Å². The summed E-state index contributed by atoms with van der Waals surface area (Å²) in [6.45, 7) is 6.46. The molecular weight excluding hydrogens is 202 g/mol. The molecular formula is C12H23N3O. The van der Waals surface area contributed by atoms with Gasteiger partial charge in [0.05, 0.1) is 0 Å². The zero-order chi connectivity index (χ0) is 11.5. The lowest BCUT2D eigenvalue weighted by molar-refractivity contribution is -0.130. The van der Waals surface area contributed by atoms with Crippen LogP contribution in [-0.2, 0) is 4.79 Å². The molecule has 0 radical (unpaired) electrons. The van der Waals surface area contributed by atoms with Gasteiger partial charge in [-0.15, -0.1) is 0 Å². The zero-order valence-electron chi connectivity index (χ0n) is 10.2. The Hall–Kier alpha value is -0.610. The lowest BCUT2D eigenvalue weighted by Gasteiger charge is -2.36. The smallest absolute Gasteiger partial charge is 0.224 e. The molecule has 1 amide bonds. The number of piperidine rings is 1. The summed E-state index contributed by atoms with van der Waals surface area (Å²) in [6.07, 6.45) is 4.02. The molecule has 1 atom stereocenters. The van der Waals surface area contributed by atoms with E-state index in [2.05, 4.69) is 11.8 Å². The topological polar surface area (TPSA) is 49.6 Å². The number of nitrogens with two attached hydrogens (primary N) is 1. The van der Waals surface area contributed by atoms with Gasteiger partial charge >= 0.3 is 0 Å². The number of likely N-dealkylation sites (tertiary alicyclic amines) is 2. The van der Waals surface area contributed by atoms with Crippen molar-refractivity contribution in [3.8, 4) is 0 Å². The zero-order valence-corrected chi connectivity index (χ0v) is 10.2. The highest BCUT2D eigenvalue weighted by Crippen LogP contribution is 2.21. The Kier molecular flexibility index (Phi) is 3.82. The van der Waals surface area contributed by atoms with Crippen molar-refractivity contribution in [1.29, 1.82) is 0 Å². The van der Waals surface area contributed by atoms with Gasteiger partial charge in [0.1, 0.15) is 0 Å². The van der Waals surface area contributed by atoms with E-state index in [1.165, 1.54) is 13.0 Å². The second-order valence-electron chi connectivity index (χ2n) is 5.08. The molecule has 1 unspecified atom stereocenters. The number of carbonyl (C=O) groups excluding carboxylic acids is 1. The van der Waals surface area contributed by atoms with E-state index in [-0.39, 0.29) is 11.9 Å². The third-order valence-electron chi connectivity index (χ3n) is 3.73. The predicted octanol–water partition coefficient (Wildman–Crippen LogP) is 0.420. The Morgan fingerprint density at radius 1 is 1.38 bits per heavy atom. The molecule has 92 valence electrons. The highest BCUT2D eigenvalue weighted by molar-refractivity contribution is 5.79. The summed E-state index contributed by atoms with van der Waals surface area (Å²) in [6, 6.07) is 0.523. The monoisotopic (exact) mass is 225 g/mol. The largest absolute Gasteiger partial charge is 0.338 e. The van der Waals surface area contributed by atoms with Gasteiger partial charge in [-0.25, -0.2) is 0 Å². The lowest BCUT2D eigenvalue weighted by atomic mass is 10.0. The summed E-state index contributed by atoms with van der Waals surface area (Å²) in [4.78, 5) is 16.2. The molecule has 0 aromatic heterocycles. The fourth-order valence-corrected chi connectivity index (χ4v) is 2.88. The normalized spacial score (nSPS) is 29.0. The minimum Gasteiger partial charge on any atom is -0.338 e. The Bertz CT molecular complexity index is 249. The highest BCUT2D eigenvalue weighted by atomic mass is 16.2. The van der Waals surface area contributed by atoms with Crippen LogP contribution in [0.5, 0.6) is 0 Å². The fourth-order valence-electron chi connectivity index (χ4n) is 2.88. The molecule has 2 saturated heterocycles. The van der Waals surface area contributed by atoms with E-state index in [1.54, 1.807) is 0 Å². The Morgan fingerprint density at radius 2 is 2.06 bits per heavy atom. The maximum Gasteiger partial charge on any atom is 0.224 e. The van der Waals surface area contributed by atoms with Gasteiger partial charge in [-0.2, -0.15) is 0 Å². The molecule has 2 aliphatic heterocycles. The van der Waals surface area contributed by atoms with Gasteiger partial charge in [-0.1, -0.05) is 6.92 Å². The second kappa shape index (κ2) is 5.15. The van der Waals surface area contributed by atoms with E-state index in [0.29, 0.717) is 12.5 Å². The van der Waals surface area contributed by atoms with Crippen molar-refractivity contribution in [1.82, 2.24) is 9.80 Å². The van der Waals surface area contributed by atoms with Crippen molar-refractivity contribution in [3.05, 3.63) is 0 Å². The predicted molar refractivity (Wildman–Crippen MR) is 64.1 cm³/mol. The number of rotatable bonds is 3. The second-order valence-corrected chi connectivity index (χ2v) is 5.08. The summed E-state index contributed by atoms with van der Waals surface area (Å²) < 4.78 is 0. The summed E-state index contributed by atoms with van der Waals surface area (Å²) >= 11 is 0. The molecule has 0 saturated carbocycles. The van der Waals surface area contributed by atoms with Crippen LogP contribution < -0.4 is 5.73 Å². The van der Waals surface area contributed by atoms with E-state index in [4.69, 9.17) is 5.73 Å². The molecule has 16 heavy (non-hydrogen) atoms. The van der Waals surface area contributed by atoms with Crippen LogP contribution in [-0.4, -0.2) is 54.0 Å². The molecule has 0 spiro atoms. The van der Waals surface area contributed by atoms with Gasteiger partial charge < -0.3 is 15.5 Å². The summed E-state index contributed by atoms with van der Waals surface area (Å²) in [5.41, 5.74) is 5.82. The van der Waals surface area contributed by atoms with Crippen LogP contribution in [0.25, 0.3) is 0 Å². The van der Waals surface area contributed by atoms with Crippen molar-refractivity contribution >= 4 is 5.91 Å². The highest BCUT2D eigenvalue weighted by Gasteiger charge is 2.33. The average Bonchev–Trinajstić information content (AvgIpc) is 2.59. The maximum atomic E-state index is 11.7. The van der Waals surface area contributed by atoms with E-state index < -0.39 is 0 Å². The van der Waals surface area contributed by atoms with Crippen LogP contribution in [0, 0.1) is 0 Å². The Balaban J connectivity index is 1.82. The molecule has 0 aliphatic carbocycles. The van der Waals surface area contributed by atoms with Crippen LogP contribution >= 0.6 is 0 Å². The molecule has 0 bridgehead atoms. The van der Waals surface area contributed by atoms with Gasteiger partial charge in [0, 0.05) is 38.1 Å². The van der Waals surface area contributed by atoms with E-state index in [1.807, 2.05) is 4.90 Å². The summed E-state index contributed by atoms with van der Waals surface area (Å²) in [7, 11) is 0. The molecule has 4 nitrogen and oxygen atoms in total. The quantitative estimate of drug-likeness (QED) is 0.757. The van der Waals surface area contributed by atoms with Crippen molar-refractivity contribution < 1.29 is 4.79 Å². The molecule has 2 heterocycles. The van der Waals surface area contributed by atoms with E-state index in [9.17, 15) is 4.79 Å². The van der Waals surface area contributed by atoms with Crippen LogP contribution in [0.1, 0.15) is 32.6 Å². The molecule has 0 aromatic carbocycles. The molecule has 2 fully saturated rings. The minimum absolute atomic E-state index is 0.0705. The number of amides is 1. The first-order valence-electron chi connectivity index (χ1n) is 6.48. The first kappa shape index (κ1) is 11.9. The molecule has 2 aliphatic rings. The molecule has 4 heteroatoms. The van der Waals surface area contributed by atoms with Crippen molar-refractivity contribution in [2.75, 3.05) is 26.2 Å². The van der Waals surface area contributed by atoms with E-state index in [0.717, 1.165) is 32.5 Å². The van der Waals surface area contributed by atoms with Crippen LogP contribution in [0.4, 0.5) is 0 Å². The number of hydrogen-bond acceptors (Lipinski definition) is 3. The first-order valence-corrected chi connectivity index (χ1v) is 6.48. The maximum absolute atomic E-state index is 11.7. The van der Waals surface area contributed by atoms with Gasteiger partial charge in [-0.3, -0.25) is 4.79 Å². The summed E-state index contributed by atoms with van der Waals surface area (Å²) in [5.74, 6) is 0.265. The van der Waals surface area contributed by atoms with Crippen LogP contribution in [0.15, 0.2) is 0 Å². The van der Waals surface area contributed by atoms with E-state index >= 15 is 0 Å². The molecule has 0 aromatic rings. The number of hydrogen-bond donors (Lipinski definition) is 1. The molecule has 2 rings (SSSR count). The third kappa shape index (κ3) is 2.55. The number of carbonyl (C=O) groups is 1. The number of nitrogens with zero attached hydrogens (tertiary/aromatic N) is 2. The minimum atomic E-state index is 0.0705. The Labute approximate surface area is 97.8 Å². The SMILES string of the molecule is CCCN1CCC(N2CC(N)CC2=O)CC1. The first-order chi connectivity index (χ1) is 7.70. The summed E-state index contributed by atoms with van der Waals surface area (Å²) in [5, 5.41) is 0. The van der Waals surface area contributed by atoms with Crippen molar-refractivity contribution in [2.24, 2.45) is 5.73 Å². The van der Waals surface area contributed by atoms with Crippen molar-refractivity contribution in [3.63, 3.8) is 0 Å².